The van der Waals surface area contributed by atoms with Crippen molar-refractivity contribution in [3.8, 4) is 0 Å². The molecule has 1 aliphatic carbocycles. The quantitative estimate of drug-likeness (QED) is 0.934. The van der Waals surface area contributed by atoms with E-state index < -0.39 is 0 Å². The second-order valence-electron chi connectivity index (χ2n) is 6.31. The molecule has 6 heteroatoms. The zero-order valence-electron chi connectivity index (χ0n) is 12.4. The lowest BCUT2D eigenvalue weighted by atomic mass is 9.91. The highest BCUT2D eigenvalue weighted by atomic mass is 16.2. The van der Waals surface area contributed by atoms with Crippen LogP contribution in [0.1, 0.15) is 43.0 Å². The zero-order valence-corrected chi connectivity index (χ0v) is 12.4. The van der Waals surface area contributed by atoms with Crippen LogP contribution in [-0.2, 0) is 10.2 Å². The van der Waals surface area contributed by atoms with Crippen LogP contribution in [0, 0.1) is 0 Å². The molecule has 1 atom stereocenters. The van der Waals surface area contributed by atoms with Gasteiger partial charge in [-0.3, -0.25) is 4.79 Å². The van der Waals surface area contributed by atoms with Gasteiger partial charge in [0.15, 0.2) is 5.82 Å². The van der Waals surface area contributed by atoms with Crippen LogP contribution < -0.4 is 0 Å². The van der Waals surface area contributed by atoms with Crippen molar-refractivity contribution in [2.75, 3.05) is 13.1 Å². The Balaban J connectivity index is 1.53. The van der Waals surface area contributed by atoms with Gasteiger partial charge in [-0.2, -0.15) is 5.21 Å². The van der Waals surface area contributed by atoms with E-state index in [9.17, 15) is 4.79 Å². The number of likely N-dealkylation sites (tertiary alicyclic amines) is 1. The molecular weight excluding hydrogens is 278 g/mol. The van der Waals surface area contributed by atoms with Gasteiger partial charge in [0.2, 0.25) is 5.91 Å². The number of nitrogens with one attached hydrogen (secondary N) is 1. The third-order valence-electron chi connectivity index (χ3n) is 4.92. The molecule has 2 aliphatic rings. The van der Waals surface area contributed by atoms with Crippen LogP contribution in [0.15, 0.2) is 30.3 Å². The fourth-order valence-corrected chi connectivity index (χ4v) is 3.53. The lowest BCUT2D eigenvalue weighted by molar-refractivity contribution is -0.135. The van der Waals surface area contributed by atoms with Crippen LogP contribution >= 0.6 is 0 Å². The van der Waals surface area contributed by atoms with E-state index in [1.54, 1.807) is 0 Å². The number of piperidine rings is 1. The number of hydrogen-bond donors (Lipinski definition) is 1. The molecule has 2 fully saturated rings. The van der Waals surface area contributed by atoms with Gasteiger partial charge in [0.1, 0.15) is 0 Å². The SMILES string of the molecule is O=C(N1CCCC(c2nn[nH]n2)C1)C1(c2ccccc2)CC1. The van der Waals surface area contributed by atoms with Crippen LogP contribution in [0.3, 0.4) is 0 Å². The molecule has 1 amide bonds. The Kier molecular flexibility index (Phi) is 3.17. The van der Waals surface area contributed by atoms with Gasteiger partial charge >= 0.3 is 0 Å². The van der Waals surface area contributed by atoms with Gasteiger partial charge in [0, 0.05) is 19.0 Å². The van der Waals surface area contributed by atoms with Crippen molar-refractivity contribution < 1.29 is 4.79 Å². The number of aromatic nitrogens is 4. The van der Waals surface area contributed by atoms with Crippen molar-refractivity contribution >= 4 is 5.91 Å². The number of carbonyl (C=O) groups is 1. The van der Waals surface area contributed by atoms with Crippen molar-refractivity contribution in [2.24, 2.45) is 0 Å². The fraction of sp³-hybridized carbons (Fsp3) is 0.500. The van der Waals surface area contributed by atoms with Gasteiger partial charge in [0.25, 0.3) is 0 Å². The van der Waals surface area contributed by atoms with Crippen molar-refractivity contribution in [1.29, 1.82) is 0 Å². The molecular formula is C16H19N5O. The number of aromatic amines is 1. The Bertz CT molecular complexity index is 650. The molecule has 0 bridgehead atoms. The highest BCUT2D eigenvalue weighted by molar-refractivity contribution is 5.91. The highest BCUT2D eigenvalue weighted by Crippen LogP contribution is 2.50. The van der Waals surface area contributed by atoms with Crippen LogP contribution in [0.2, 0.25) is 0 Å². The Morgan fingerprint density at radius 1 is 1.27 bits per heavy atom. The van der Waals surface area contributed by atoms with E-state index in [0.717, 1.165) is 43.6 Å². The summed E-state index contributed by atoms with van der Waals surface area (Å²) in [5.74, 6) is 1.19. The molecule has 4 rings (SSSR count). The van der Waals surface area contributed by atoms with E-state index in [1.807, 2.05) is 23.1 Å². The molecule has 1 aromatic heterocycles. The number of rotatable bonds is 3. The molecule has 6 nitrogen and oxygen atoms in total. The monoisotopic (exact) mass is 297 g/mol. The summed E-state index contributed by atoms with van der Waals surface area (Å²) < 4.78 is 0. The van der Waals surface area contributed by atoms with E-state index in [1.165, 1.54) is 0 Å². The van der Waals surface area contributed by atoms with Crippen molar-refractivity contribution in [2.45, 2.75) is 37.0 Å². The summed E-state index contributed by atoms with van der Waals surface area (Å²) in [6.07, 6.45) is 3.93. The minimum Gasteiger partial charge on any atom is -0.341 e. The minimum atomic E-state index is -0.277. The number of carbonyl (C=O) groups excluding carboxylic acids is 1. The minimum absolute atomic E-state index is 0.197. The number of amides is 1. The number of nitrogens with zero attached hydrogens (tertiary/aromatic N) is 4. The Hall–Kier alpha value is -2.24. The smallest absolute Gasteiger partial charge is 0.233 e. The Labute approximate surface area is 128 Å². The molecule has 1 saturated heterocycles. The number of hydrogen-bond acceptors (Lipinski definition) is 4. The Morgan fingerprint density at radius 2 is 2.09 bits per heavy atom. The largest absolute Gasteiger partial charge is 0.341 e. The lowest BCUT2D eigenvalue weighted by Gasteiger charge is -2.34. The summed E-state index contributed by atoms with van der Waals surface area (Å²) in [4.78, 5) is 15.1. The first kappa shape index (κ1) is 13.4. The summed E-state index contributed by atoms with van der Waals surface area (Å²) in [6.45, 7) is 1.54. The summed E-state index contributed by atoms with van der Waals surface area (Å²) in [5, 5.41) is 14.3. The summed E-state index contributed by atoms with van der Waals surface area (Å²) in [6, 6.07) is 10.2. The van der Waals surface area contributed by atoms with Gasteiger partial charge in [-0.05, 0) is 31.2 Å². The van der Waals surface area contributed by atoms with E-state index in [0.29, 0.717) is 6.54 Å². The standard InChI is InChI=1S/C16H19N5O/c22-15(16(8-9-16)13-6-2-1-3-7-13)21-10-4-5-12(11-21)14-17-19-20-18-14/h1-3,6-7,12H,4-5,8-11H2,(H,17,18,19,20). The maximum atomic E-state index is 13.1. The molecule has 2 heterocycles. The predicted molar refractivity (Wildman–Crippen MR) is 80.1 cm³/mol. The number of H-pyrrole nitrogens is 1. The maximum absolute atomic E-state index is 13.1. The molecule has 114 valence electrons. The van der Waals surface area contributed by atoms with Crippen LogP contribution in [0.25, 0.3) is 0 Å². The topological polar surface area (TPSA) is 74.8 Å². The van der Waals surface area contributed by atoms with E-state index in [-0.39, 0.29) is 17.2 Å². The van der Waals surface area contributed by atoms with Crippen LogP contribution in [0.4, 0.5) is 0 Å². The number of benzene rings is 1. The molecule has 1 unspecified atom stereocenters. The van der Waals surface area contributed by atoms with Gasteiger partial charge in [-0.25, -0.2) is 0 Å². The van der Waals surface area contributed by atoms with Crippen molar-refractivity contribution in [1.82, 2.24) is 25.5 Å². The molecule has 1 aliphatic heterocycles. The summed E-state index contributed by atoms with van der Waals surface area (Å²) >= 11 is 0. The van der Waals surface area contributed by atoms with E-state index in [4.69, 9.17) is 0 Å². The second kappa shape index (κ2) is 5.19. The normalized spacial score (nSPS) is 23.3. The molecule has 0 spiro atoms. The zero-order chi connectivity index (χ0) is 15.0. The van der Waals surface area contributed by atoms with Gasteiger partial charge in [-0.1, -0.05) is 35.5 Å². The number of tetrazole rings is 1. The van der Waals surface area contributed by atoms with Crippen LogP contribution in [-0.4, -0.2) is 44.5 Å². The van der Waals surface area contributed by atoms with Gasteiger partial charge in [0.05, 0.1) is 5.41 Å². The Morgan fingerprint density at radius 3 is 2.77 bits per heavy atom. The highest BCUT2D eigenvalue weighted by Gasteiger charge is 2.53. The summed E-state index contributed by atoms with van der Waals surface area (Å²) in [5.41, 5.74) is 0.877. The second-order valence-corrected chi connectivity index (χ2v) is 6.31. The van der Waals surface area contributed by atoms with Gasteiger partial charge in [-0.15, -0.1) is 10.2 Å². The van der Waals surface area contributed by atoms with Crippen LogP contribution in [0.5, 0.6) is 0 Å². The first-order chi connectivity index (χ1) is 10.8. The van der Waals surface area contributed by atoms with Gasteiger partial charge < -0.3 is 4.90 Å². The van der Waals surface area contributed by atoms with Crippen molar-refractivity contribution in [3.63, 3.8) is 0 Å². The molecule has 22 heavy (non-hydrogen) atoms. The maximum Gasteiger partial charge on any atom is 0.233 e. The molecule has 1 saturated carbocycles. The average Bonchev–Trinajstić information content (AvgIpc) is 3.21. The molecule has 1 N–H and O–H groups in total. The van der Waals surface area contributed by atoms with E-state index >= 15 is 0 Å². The predicted octanol–water partition coefficient (Wildman–Crippen LogP) is 1.64. The molecule has 1 aromatic carbocycles. The average molecular weight is 297 g/mol. The van der Waals surface area contributed by atoms with Crippen molar-refractivity contribution in [3.05, 3.63) is 41.7 Å². The third-order valence-corrected chi connectivity index (χ3v) is 4.92. The molecule has 0 radical (unpaired) electrons. The first-order valence-corrected chi connectivity index (χ1v) is 7.88. The van der Waals surface area contributed by atoms with E-state index in [2.05, 4.69) is 32.8 Å². The third kappa shape index (κ3) is 2.19. The summed E-state index contributed by atoms with van der Waals surface area (Å²) in [7, 11) is 0. The first-order valence-electron chi connectivity index (χ1n) is 7.88. The fourth-order valence-electron chi connectivity index (χ4n) is 3.53. The lowest BCUT2D eigenvalue weighted by Crippen LogP contribution is -2.44. The molecule has 2 aromatic rings.